The van der Waals surface area contributed by atoms with Crippen molar-refractivity contribution in [2.75, 3.05) is 0 Å². The van der Waals surface area contributed by atoms with E-state index in [4.69, 9.17) is 4.74 Å². The lowest BCUT2D eigenvalue weighted by Gasteiger charge is -2.06. The predicted molar refractivity (Wildman–Crippen MR) is 87.3 cm³/mol. The van der Waals surface area contributed by atoms with Crippen molar-refractivity contribution in [3.05, 3.63) is 44.3 Å². The quantitative estimate of drug-likeness (QED) is 0.839. The van der Waals surface area contributed by atoms with Crippen LogP contribution >= 0.6 is 27.3 Å². The Balaban J connectivity index is 1.96. The van der Waals surface area contributed by atoms with Gasteiger partial charge in [0, 0.05) is 38.6 Å². The monoisotopic (exact) mass is 354 g/mol. The summed E-state index contributed by atoms with van der Waals surface area (Å²) >= 11 is 5.22. The van der Waals surface area contributed by atoms with Gasteiger partial charge >= 0.3 is 0 Å². The zero-order valence-electron chi connectivity index (χ0n) is 11.9. The SMILES string of the molecule is Cc1sc(CNC(C)C)cc1COc1cncc(Br)c1. The highest BCUT2D eigenvalue weighted by atomic mass is 79.9. The van der Waals surface area contributed by atoms with E-state index in [0.29, 0.717) is 12.6 Å². The minimum atomic E-state index is 0.504. The number of nitrogens with zero attached hydrogens (tertiary/aromatic N) is 1. The Morgan fingerprint density at radius 2 is 2.15 bits per heavy atom. The molecule has 2 aromatic rings. The first-order valence-electron chi connectivity index (χ1n) is 6.59. The number of nitrogens with one attached hydrogen (secondary N) is 1. The van der Waals surface area contributed by atoms with Crippen LogP contribution in [0.15, 0.2) is 29.0 Å². The highest BCUT2D eigenvalue weighted by molar-refractivity contribution is 9.10. The molecule has 0 aromatic carbocycles. The van der Waals surface area contributed by atoms with Crippen LogP contribution in [0.25, 0.3) is 0 Å². The van der Waals surface area contributed by atoms with Gasteiger partial charge in [0.25, 0.3) is 0 Å². The van der Waals surface area contributed by atoms with Crippen LogP contribution in [0, 0.1) is 6.92 Å². The fraction of sp³-hybridized carbons (Fsp3) is 0.400. The molecule has 1 N–H and O–H groups in total. The number of aromatic nitrogens is 1. The van der Waals surface area contributed by atoms with Gasteiger partial charge in [-0.15, -0.1) is 11.3 Å². The Morgan fingerprint density at radius 1 is 1.35 bits per heavy atom. The molecule has 0 aliphatic rings. The predicted octanol–water partition coefficient (Wildman–Crippen LogP) is 4.29. The maximum Gasteiger partial charge on any atom is 0.139 e. The van der Waals surface area contributed by atoms with Gasteiger partial charge in [-0.1, -0.05) is 13.8 Å². The lowest BCUT2D eigenvalue weighted by molar-refractivity contribution is 0.304. The van der Waals surface area contributed by atoms with Crippen LogP contribution in [0.5, 0.6) is 5.75 Å². The van der Waals surface area contributed by atoms with Gasteiger partial charge in [-0.05, 0) is 35.0 Å². The summed E-state index contributed by atoms with van der Waals surface area (Å²) in [6.07, 6.45) is 3.48. The molecule has 2 heterocycles. The molecule has 3 nitrogen and oxygen atoms in total. The Morgan fingerprint density at radius 3 is 2.85 bits per heavy atom. The first kappa shape index (κ1) is 15.5. The second-order valence-corrected chi connectivity index (χ2v) is 7.21. The summed E-state index contributed by atoms with van der Waals surface area (Å²) < 4.78 is 6.72. The molecular formula is C15H19BrN2OS. The maximum atomic E-state index is 5.79. The summed E-state index contributed by atoms with van der Waals surface area (Å²) in [6, 6.07) is 4.65. The van der Waals surface area contributed by atoms with E-state index < -0.39 is 0 Å². The number of rotatable bonds is 6. The van der Waals surface area contributed by atoms with Gasteiger partial charge in [-0.3, -0.25) is 4.98 Å². The Kier molecular flexibility index (Phi) is 5.57. The van der Waals surface area contributed by atoms with Gasteiger partial charge in [0.1, 0.15) is 12.4 Å². The van der Waals surface area contributed by atoms with Crippen molar-refractivity contribution < 1.29 is 4.74 Å². The van der Waals surface area contributed by atoms with Crippen LogP contribution < -0.4 is 10.1 Å². The molecule has 0 saturated heterocycles. The summed E-state index contributed by atoms with van der Waals surface area (Å²) in [6.45, 7) is 7.96. The molecule has 108 valence electrons. The van der Waals surface area contributed by atoms with E-state index >= 15 is 0 Å². The molecule has 2 aromatic heterocycles. The largest absolute Gasteiger partial charge is 0.487 e. The minimum Gasteiger partial charge on any atom is -0.487 e. The molecule has 0 amide bonds. The van der Waals surface area contributed by atoms with Crippen LogP contribution in [-0.4, -0.2) is 11.0 Å². The zero-order valence-corrected chi connectivity index (χ0v) is 14.3. The second kappa shape index (κ2) is 7.20. The maximum absolute atomic E-state index is 5.79. The molecule has 2 rings (SSSR count). The van der Waals surface area contributed by atoms with Gasteiger partial charge < -0.3 is 10.1 Å². The molecule has 20 heavy (non-hydrogen) atoms. The van der Waals surface area contributed by atoms with E-state index in [2.05, 4.69) is 53.1 Å². The first-order valence-corrected chi connectivity index (χ1v) is 8.20. The first-order chi connectivity index (χ1) is 9.54. The van der Waals surface area contributed by atoms with Crippen LogP contribution in [0.1, 0.15) is 29.2 Å². The second-order valence-electron chi connectivity index (χ2n) is 4.96. The molecule has 0 saturated carbocycles. The number of hydrogen-bond acceptors (Lipinski definition) is 4. The van der Waals surface area contributed by atoms with Crippen LogP contribution in [0.2, 0.25) is 0 Å². The van der Waals surface area contributed by atoms with Crippen molar-refractivity contribution in [3.8, 4) is 5.75 Å². The van der Waals surface area contributed by atoms with Crippen LogP contribution in [0.3, 0.4) is 0 Å². The molecule has 0 atom stereocenters. The number of thiophene rings is 1. The van der Waals surface area contributed by atoms with Crippen molar-refractivity contribution in [2.24, 2.45) is 0 Å². The number of ether oxygens (including phenoxy) is 1. The van der Waals surface area contributed by atoms with E-state index in [0.717, 1.165) is 16.8 Å². The van der Waals surface area contributed by atoms with Crippen molar-refractivity contribution in [2.45, 2.75) is 40.0 Å². The number of hydrogen-bond donors (Lipinski definition) is 1. The van der Waals surface area contributed by atoms with Crippen molar-refractivity contribution in [1.29, 1.82) is 0 Å². The third-order valence-electron chi connectivity index (χ3n) is 2.83. The molecule has 5 heteroatoms. The lowest BCUT2D eigenvalue weighted by Crippen LogP contribution is -2.21. The number of halogens is 1. The highest BCUT2D eigenvalue weighted by Crippen LogP contribution is 2.24. The smallest absolute Gasteiger partial charge is 0.139 e. The average molecular weight is 355 g/mol. The van der Waals surface area contributed by atoms with Gasteiger partial charge in [0.05, 0.1) is 6.20 Å². The molecule has 0 spiro atoms. The fourth-order valence-corrected chi connectivity index (χ4v) is 3.10. The third kappa shape index (κ3) is 4.58. The van der Waals surface area contributed by atoms with Crippen molar-refractivity contribution >= 4 is 27.3 Å². The van der Waals surface area contributed by atoms with Crippen LogP contribution in [0.4, 0.5) is 0 Å². The normalized spacial score (nSPS) is 11.1. The Labute approximate surface area is 132 Å². The van der Waals surface area contributed by atoms with E-state index in [9.17, 15) is 0 Å². The number of pyridine rings is 1. The molecule has 0 aliphatic carbocycles. The lowest BCUT2D eigenvalue weighted by atomic mass is 10.2. The van der Waals surface area contributed by atoms with Gasteiger partial charge in [0.2, 0.25) is 0 Å². The van der Waals surface area contributed by atoms with E-state index in [-0.39, 0.29) is 0 Å². The molecule has 0 radical (unpaired) electrons. The molecule has 0 unspecified atom stereocenters. The summed E-state index contributed by atoms with van der Waals surface area (Å²) in [7, 11) is 0. The van der Waals surface area contributed by atoms with E-state index in [1.165, 1.54) is 15.3 Å². The fourth-order valence-electron chi connectivity index (χ4n) is 1.76. The topological polar surface area (TPSA) is 34.1 Å². The van der Waals surface area contributed by atoms with E-state index in [1.54, 1.807) is 12.4 Å². The summed E-state index contributed by atoms with van der Waals surface area (Å²) in [5, 5.41) is 3.44. The van der Waals surface area contributed by atoms with E-state index in [1.807, 2.05) is 17.4 Å². The average Bonchev–Trinajstić information content (AvgIpc) is 2.75. The summed E-state index contributed by atoms with van der Waals surface area (Å²) in [5.41, 5.74) is 1.25. The molecule has 0 bridgehead atoms. The van der Waals surface area contributed by atoms with Gasteiger partial charge in [0.15, 0.2) is 0 Å². The summed E-state index contributed by atoms with van der Waals surface area (Å²) in [4.78, 5) is 6.76. The van der Waals surface area contributed by atoms with Gasteiger partial charge in [-0.2, -0.15) is 0 Å². The van der Waals surface area contributed by atoms with Crippen molar-refractivity contribution in [3.63, 3.8) is 0 Å². The third-order valence-corrected chi connectivity index (χ3v) is 4.36. The Hall–Kier alpha value is -0.910. The molecular weight excluding hydrogens is 336 g/mol. The molecule has 0 fully saturated rings. The summed E-state index contributed by atoms with van der Waals surface area (Å²) in [5.74, 6) is 0.784. The van der Waals surface area contributed by atoms with Crippen molar-refractivity contribution in [1.82, 2.24) is 10.3 Å². The zero-order chi connectivity index (χ0) is 14.5. The standard InChI is InChI=1S/C15H19BrN2OS/c1-10(2)18-8-15-4-12(11(3)20-15)9-19-14-5-13(16)6-17-7-14/h4-7,10,18H,8-9H2,1-3H3. The molecule has 0 aliphatic heterocycles. The van der Waals surface area contributed by atoms with Gasteiger partial charge in [-0.25, -0.2) is 0 Å². The number of aryl methyl sites for hydroxylation is 1. The van der Waals surface area contributed by atoms with Crippen LogP contribution in [-0.2, 0) is 13.2 Å². The Bertz CT molecular complexity index is 569. The highest BCUT2D eigenvalue weighted by Gasteiger charge is 2.07. The minimum absolute atomic E-state index is 0.504.